The van der Waals surface area contributed by atoms with Gasteiger partial charge in [-0.2, -0.15) is 5.10 Å². The quantitative estimate of drug-likeness (QED) is 0.635. The summed E-state index contributed by atoms with van der Waals surface area (Å²) < 4.78 is 5.05. The van der Waals surface area contributed by atoms with E-state index < -0.39 is 6.09 Å². The van der Waals surface area contributed by atoms with Gasteiger partial charge in [0.05, 0.1) is 17.6 Å². The Kier molecular flexibility index (Phi) is 4.34. The number of nitrogens with zero attached hydrogens (tertiary/aromatic N) is 4. The number of imidazole rings is 1. The van der Waals surface area contributed by atoms with Gasteiger partial charge in [0.25, 0.3) is 0 Å². The highest BCUT2D eigenvalue weighted by Gasteiger charge is 2.48. The van der Waals surface area contributed by atoms with Crippen molar-refractivity contribution in [3.8, 4) is 11.5 Å². The van der Waals surface area contributed by atoms with Gasteiger partial charge in [0, 0.05) is 30.5 Å². The van der Waals surface area contributed by atoms with E-state index in [4.69, 9.17) is 9.72 Å². The molecule has 2 N–H and O–H groups in total. The second-order valence-electron chi connectivity index (χ2n) is 10.1. The zero-order valence-corrected chi connectivity index (χ0v) is 19.2. The maximum atomic E-state index is 12.9. The molecular weight excluding hydrogens is 420 g/mol. The average Bonchev–Trinajstić information content (AvgIpc) is 3.37. The summed E-state index contributed by atoms with van der Waals surface area (Å²) in [7, 11) is 1.73. The molecular formula is C24H28N6O3. The van der Waals surface area contributed by atoms with Gasteiger partial charge >= 0.3 is 6.09 Å². The Bertz CT molecular complexity index is 1280. The van der Waals surface area contributed by atoms with Crippen molar-refractivity contribution in [2.45, 2.75) is 45.4 Å². The molecule has 2 fully saturated rings. The van der Waals surface area contributed by atoms with Crippen LogP contribution in [0.5, 0.6) is 0 Å². The smallest absolute Gasteiger partial charge is 0.410 e. The molecule has 33 heavy (non-hydrogen) atoms. The maximum absolute atomic E-state index is 12.9. The van der Waals surface area contributed by atoms with Crippen molar-refractivity contribution >= 4 is 28.7 Å². The number of carbonyl (C=O) groups is 2. The number of cyclic esters (lactones) is 1. The van der Waals surface area contributed by atoms with Gasteiger partial charge in [0.15, 0.2) is 5.82 Å². The number of fused-ring (bicyclic) bond motifs is 1. The molecule has 4 aliphatic rings. The highest BCUT2D eigenvalue weighted by Crippen LogP contribution is 2.59. The zero-order valence-electron chi connectivity index (χ0n) is 19.2. The van der Waals surface area contributed by atoms with Crippen molar-refractivity contribution < 1.29 is 14.3 Å². The third-order valence-corrected chi connectivity index (χ3v) is 7.51. The van der Waals surface area contributed by atoms with Crippen molar-refractivity contribution in [3.05, 3.63) is 29.0 Å². The molecule has 9 nitrogen and oxygen atoms in total. The van der Waals surface area contributed by atoms with Gasteiger partial charge in [-0.1, -0.05) is 6.92 Å². The van der Waals surface area contributed by atoms with E-state index in [0.29, 0.717) is 24.5 Å². The van der Waals surface area contributed by atoms with Crippen LogP contribution in [0.2, 0.25) is 0 Å². The molecule has 3 heterocycles. The highest BCUT2D eigenvalue weighted by atomic mass is 16.6. The molecule has 172 valence electrons. The summed E-state index contributed by atoms with van der Waals surface area (Å²) in [5.74, 6) is 1.16. The minimum atomic E-state index is -0.429. The summed E-state index contributed by atoms with van der Waals surface area (Å²) in [4.78, 5) is 36.1. The van der Waals surface area contributed by atoms with E-state index in [9.17, 15) is 9.59 Å². The molecule has 2 amide bonds. The molecule has 0 atom stereocenters. The number of aryl methyl sites for hydroxylation is 1. The van der Waals surface area contributed by atoms with Gasteiger partial charge in [-0.25, -0.2) is 9.78 Å². The van der Waals surface area contributed by atoms with E-state index in [1.165, 1.54) is 29.0 Å². The lowest BCUT2D eigenvalue weighted by atomic mass is 9.54. The molecule has 0 unspecified atom stereocenters. The van der Waals surface area contributed by atoms with Crippen molar-refractivity contribution in [1.82, 2.24) is 25.1 Å². The van der Waals surface area contributed by atoms with E-state index in [-0.39, 0.29) is 12.5 Å². The maximum Gasteiger partial charge on any atom is 0.410 e. The summed E-state index contributed by atoms with van der Waals surface area (Å²) in [6.45, 7) is 5.27. The van der Waals surface area contributed by atoms with Crippen molar-refractivity contribution in [2.24, 2.45) is 5.41 Å². The molecule has 1 aliphatic heterocycles. The minimum absolute atomic E-state index is 0.00165. The van der Waals surface area contributed by atoms with E-state index in [0.717, 1.165) is 46.6 Å². The van der Waals surface area contributed by atoms with Gasteiger partial charge < -0.3 is 14.6 Å². The van der Waals surface area contributed by atoms with Crippen LogP contribution in [0.1, 0.15) is 48.9 Å². The highest BCUT2D eigenvalue weighted by molar-refractivity contribution is 5.98. The second-order valence-corrected chi connectivity index (χ2v) is 10.1. The van der Waals surface area contributed by atoms with Crippen molar-refractivity contribution in [1.29, 1.82) is 0 Å². The van der Waals surface area contributed by atoms with Gasteiger partial charge in [-0.05, 0) is 61.6 Å². The first-order chi connectivity index (χ1) is 15.8. The van der Waals surface area contributed by atoms with Gasteiger partial charge in [0.2, 0.25) is 5.91 Å². The fourth-order valence-corrected chi connectivity index (χ4v) is 5.82. The SMILES string of the molecule is Cc1cc2[nH]c(-c3n[nH]c4c3C3CC(C)(C4)C3)nc2cc1N(C)C(=O)CN1CCCOC1=O. The molecule has 9 heteroatoms. The van der Waals surface area contributed by atoms with E-state index >= 15 is 0 Å². The number of aromatic nitrogens is 4. The van der Waals surface area contributed by atoms with Crippen LogP contribution in [0.25, 0.3) is 22.6 Å². The molecule has 0 radical (unpaired) electrons. The van der Waals surface area contributed by atoms with Crippen molar-refractivity contribution in [2.75, 3.05) is 31.6 Å². The van der Waals surface area contributed by atoms with Gasteiger partial charge in [0.1, 0.15) is 12.2 Å². The fraction of sp³-hybridized carbons (Fsp3) is 0.500. The molecule has 3 aromatic rings. The van der Waals surface area contributed by atoms with Crippen LogP contribution in [0.15, 0.2) is 12.1 Å². The number of ether oxygens (including phenoxy) is 1. The predicted molar refractivity (Wildman–Crippen MR) is 123 cm³/mol. The Balaban J connectivity index is 1.29. The molecule has 1 saturated carbocycles. The third-order valence-electron chi connectivity index (χ3n) is 7.51. The molecule has 2 bridgehead atoms. The predicted octanol–water partition coefficient (Wildman–Crippen LogP) is 3.51. The molecule has 2 aromatic heterocycles. The third kappa shape index (κ3) is 3.20. The van der Waals surface area contributed by atoms with Crippen LogP contribution in [0, 0.1) is 12.3 Å². The molecule has 1 aromatic carbocycles. The summed E-state index contributed by atoms with van der Waals surface area (Å²) in [5.41, 5.74) is 7.32. The Morgan fingerprint density at radius 2 is 2.18 bits per heavy atom. The first kappa shape index (κ1) is 20.3. The van der Waals surface area contributed by atoms with Crippen LogP contribution in [0.4, 0.5) is 10.5 Å². The molecule has 7 rings (SSSR count). The fourth-order valence-electron chi connectivity index (χ4n) is 5.82. The summed E-state index contributed by atoms with van der Waals surface area (Å²) in [5, 5.41) is 7.87. The monoisotopic (exact) mass is 448 g/mol. The number of carbonyl (C=O) groups excluding carboxylic acids is 2. The number of benzene rings is 1. The number of rotatable bonds is 4. The Morgan fingerprint density at radius 3 is 2.97 bits per heavy atom. The van der Waals surface area contributed by atoms with E-state index in [1.54, 1.807) is 11.9 Å². The van der Waals surface area contributed by atoms with Crippen LogP contribution in [0.3, 0.4) is 0 Å². The number of likely N-dealkylation sites (N-methyl/N-ethyl adjacent to an activating group) is 1. The van der Waals surface area contributed by atoms with Gasteiger partial charge in [-0.3, -0.25) is 14.8 Å². The standard InChI is InChI=1S/C24H28N6O3/c1-13-7-15-16(8-18(13)29(3)19(31)12-30-5-4-6-33-23(30)32)26-22(25-15)21-20-14-9-24(2,10-14)11-17(20)27-28-21/h7-8,14H,4-6,9-12H2,1-3H3,(H,25,26)(H,27,28). The largest absolute Gasteiger partial charge is 0.449 e. The number of aromatic amines is 2. The number of hydrogen-bond donors (Lipinski definition) is 2. The Morgan fingerprint density at radius 1 is 1.36 bits per heavy atom. The molecule has 1 saturated heterocycles. The van der Waals surface area contributed by atoms with E-state index in [1.807, 2.05) is 19.1 Å². The first-order valence-corrected chi connectivity index (χ1v) is 11.6. The summed E-state index contributed by atoms with van der Waals surface area (Å²) >= 11 is 0. The Hall–Kier alpha value is -3.36. The second kappa shape index (κ2) is 7.07. The lowest BCUT2D eigenvalue weighted by molar-refractivity contribution is -0.119. The number of amides is 2. The van der Waals surface area contributed by atoms with Crippen molar-refractivity contribution in [3.63, 3.8) is 0 Å². The van der Waals surface area contributed by atoms with Gasteiger partial charge in [-0.15, -0.1) is 0 Å². The van der Waals surface area contributed by atoms with Crippen LogP contribution in [-0.2, 0) is 16.0 Å². The average molecular weight is 449 g/mol. The summed E-state index contributed by atoms with van der Waals surface area (Å²) in [6, 6.07) is 3.94. The van der Waals surface area contributed by atoms with Crippen LogP contribution >= 0.6 is 0 Å². The summed E-state index contributed by atoms with van der Waals surface area (Å²) in [6.07, 6.45) is 3.79. The van der Waals surface area contributed by atoms with Crippen LogP contribution < -0.4 is 4.90 Å². The normalized spacial score (nSPS) is 23.8. The Labute approximate surface area is 191 Å². The topological polar surface area (TPSA) is 107 Å². The van der Waals surface area contributed by atoms with E-state index in [2.05, 4.69) is 22.1 Å². The lowest BCUT2D eigenvalue weighted by Crippen LogP contribution is -2.45. The van der Waals surface area contributed by atoms with Crippen LogP contribution in [-0.4, -0.2) is 63.8 Å². The lowest BCUT2D eigenvalue weighted by Gasteiger charge is -2.50. The molecule has 3 aliphatic carbocycles. The number of H-pyrrole nitrogens is 2. The number of anilines is 1. The number of nitrogens with one attached hydrogen (secondary N) is 2. The zero-order chi connectivity index (χ0) is 22.9. The number of hydrogen-bond acceptors (Lipinski definition) is 5. The first-order valence-electron chi connectivity index (χ1n) is 11.6. The minimum Gasteiger partial charge on any atom is -0.449 e. The molecule has 0 spiro atoms.